The van der Waals surface area contributed by atoms with E-state index in [1.54, 1.807) is 24.4 Å². The van der Waals surface area contributed by atoms with Gasteiger partial charge in [0.05, 0.1) is 23.3 Å². The van der Waals surface area contributed by atoms with Gasteiger partial charge in [0.1, 0.15) is 0 Å². The summed E-state index contributed by atoms with van der Waals surface area (Å²) in [7, 11) is 0. The predicted molar refractivity (Wildman–Crippen MR) is 145 cm³/mol. The molecule has 2 aromatic carbocycles. The zero-order chi connectivity index (χ0) is 25.8. The van der Waals surface area contributed by atoms with Crippen LogP contribution in [0.5, 0.6) is 0 Å². The van der Waals surface area contributed by atoms with E-state index in [-0.39, 0.29) is 30.0 Å². The molecule has 3 N–H and O–H groups in total. The third-order valence-corrected chi connectivity index (χ3v) is 6.64. The van der Waals surface area contributed by atoms with Crippen molar-refractivity contribution in [3.8, 4) is 5.69 Å². The summed E-state index contributed by atoms with van der Waals surface area (Å²) in [4.78, 5) is 30.9. The first-order valence-electron chi connectivity index (χ1n) is 11.9. The highest BCUT2D eigenvalue weighted by Gasteiger charge is 2.41. The monoisotopic (exact) mass is 511 g/mol. The Hall–Kier alpha value is -4.50. The van der Waals surface area contributed by atoms with Gasteiger partial charge in [0.25, 0.3) is 0 Å². The number of hydrogen-bond acceptors (Lipinski definition) is 4. The van der Waals surface area contributed by atoms with Crippen molar-refractivity contribution in [1.82, 2.24) is 19.8 Å². The topological polar surface area (TPSA) is 99.5 Å². The molecule has 1 aliphatic rings. The molecule has 0 bridgehead atoms. The number of anilines is 1. The van der Waals surface area contributed by atoms with Crippen LogP contribution in [0.3, 0.4) is 0 Å². The number of pyridine rings is 1. The minimum Gasteiger partial charge on any atom is -0.478 e. The summed E-state index contributed by atoms with van der Waals surface area (Å²) in [6.45, 7) is 0.388. The number of para-hydroxylation sites is 1. The molecule has 8 nitrogen and oxygen atoms in total. The molecule has 3 heterocycles. The van der Waals surface area contributed by atoms with Crippen LogP contribution in [0.25, 0.3) is 5.69 Å². The standard InChI is InChI=1S/C28H25N5O3S/c34-24(30-20-9-2-1-3-10-20)14-17-33-26(25(31-28(33)37)22-12-4-5-15-29-22)23-13-7-16-32(23)21-11-6-8-19(18-21)27(35)36/h1-13,15-16,18,25-26H,14,17H2,(H,30,34)(H,31,37)(H,35,36). The molecule has 2 aromatic heterocycles. The van der Waals surface area contributed by atoms with E-state index in [1.807, 2.05) is 82.4 Å². The molecule has 1 amide bonds. The van der Waals surface area contributed by atoms with Crippen molar-refractivity contribution < 1.29 is 14.7 Å². The number of aromatic carboxylic acids is 1. The molecule has 0 aliphatic carbocycles. The summed E-state index contributed by atoms with van der Waals surface area (Å²) in [5, 5.41) is 16.3. The van der Waals surface area contributed by atoms with Crippen LogP contribution in [0.2, 0.25) is 0 Å². The van der Waals surface area contributed by atoms with Crippen LogP contribution in [0.15, 0.2) is 97.3 Å². The van der Waals surface area contributed by atoms with E-state index in [2.05, 4.69) is 15.6 Å². The largest absolute Gasteiger partial charge is 0.478 e. The second-order valence-corrected chi connectivity index (χ2v) is 9.03. The molecule has 9 heteroatoms. The van der Waals surface area contributed by atoms with Crippen LogP contribution in [-0.4, -0.2) is 43.1 Å². The van der Waals surface area contributed by atoms with Crippen molar-refractivity contribution in [3.63, 3.8) is 0 Å². The Morgan fingerprint density at radius 3 is 2.57 bits per heavy atom. The highest BCUT2D eigenvalue weighted by atomic mass is 32.1. The van der Waals surface area contributed by atoms with Crippen molar-refractivity contribution in [1.29, 1.82) is 0 Å². The SMILES string of the molecule is O=C(CCN1C(=S)NC(c2ccccn2)C1c1cccn1-c1cccc(C(=O)O)c1)Nc1ccccc1. The van der Waals surface area contributed by atoms with Gasteiger partial charge in [-0.2, -0.15) is 0 Å². The molecule has 186 valence electrons. The number of carboxylic acid groups (broad SMARTS) is 1. The summed E-state index contributed by atoms with van der Waals surface area (Å²) < 4.78 is 1.96. The number of carbonyl (C=O) groups is 2. The number of carbonyl (C=O) groups excluding carboxylic acids is 1. The zero-order valence-corrected chi connectivity index (χ0v) is 20.6. The molecule has 37 heavy (non-hydrogen) atoms. The Bertz CT molecular complexity index is 1420. The number of aromatic nitrogens is 2. The van der Waals surface area contributed by atoms with Crippen LogP contribution < -0.4 is 10.6 Å². The Morgan fingerprint density at radius 2 is 1.81 bits per heavy atom. The van der Waals surface area contributed by atoms with Gasteiger partial charge in [-0.1, -0.05) is 30.3 Å². The van der Waals surface area contributed by atoms with E-state index in [4.69, 9.17) is 12.2 Å². The second-order valence-electron chi connectivity index (χ2n) is 8.64. The summed E-state index contributed by atoms with van der Waals surface area (Å²) in [5.74, 6) is -1.10. The number of rotatable bonds is 8. The third kappa shape index (κ3) is 5.22. The van der Waals surface area contributed by atoms with Gasteiger partial charge in [0.15, 0.2) is 5.11 Å². The summed E-state index contributed by atoms with van der Waals surface area (Å²) in [6.07, 6.45) is 3.87. The van der Waals surface area contributed by atoms with E-state index in [0.29, 0.717) is 11.7 Å². The van der Waals surface area contributed by atoms with Crippen LogP contribution in [-0.2, 0) is 4.79 Å². The molecule has 1 aliphatic heterocycles. The molecule has 0 saturated carbocycles. The summed E-state index contributed by atoms with van der Waals surface area (Å²) in [5.41, 5.74) is 3.38. The lowest BCUT2D eigenvalue weighted by Gasteiger charge is -2.29. The molecule has 1 fully saturated rings. The Labute approximate surface area is 219 Å². The van der Waals surface area contributed by atoms with Crippen molar-refractivity contribution in [2.24, 2.45) is 0 Å². The fourth-order valence-corrected chi connectivity index (χ4v) is 4.93. The van der Waals surface area contributed by atoms with Crippen LogP contribution in [0.4, 0.5) is 5.69 Å². The van der Waals surface area contributed by atoms with E-state index >= 15 is 0 Å². The minimum atomic E-state index is -0.989. The van der Waals surface area contributed by atoms with E-state index < -0.39 is 5.97 Å². The van der Waals surface area contributed by atoms with E-state index in [9.17, 15) is 14.7 Å². The van der Waals surface area contributed by atoms with Crippen LogP contribution in [0, 0.1) is 0 Å². The molecule has 5 rings (SSSR count). The molecule has 4 aromatic rings. The van der Waals surface area contributed by atoms with Crippen LogP contribution in [0.1, 0.15) is 40.3 Å². The molecule has 0 spiro atoms. The van der Waals surface area contributed by atoms with Gasteiger partial charge in [0.2, 0.25) is 5.91 Å². The maximum atomic E-state index is 12.7. The number of amides is 1. The fourth-order valence-electron chi connectivity index (χ4n) is 4.59. The number of nitrogens with zero attached hydrogens (tertiary/aromatic N) is 3. The summed E-state index contributed by atoms with van der Waals surface area (Å²) in [6, 6.07) is 25.2. The van der Waals surface area contributed by atoms with E-state index in [0.717, 1.165) is 22.8 Å². The van der Waals surface area contributed by atoms with Gasteiger partial charge in [-0.3, -0.25) is 9.78 Å². The second kappa shape index (κ2) is 10.6. The fraction of sp³-hybridized carbons (Fsp3) is 0.143. The quantitative estimate of drug-likeness (QED) is 0.298. The predicted octanol–water partition coefficient (Wildman–Crippen LogP) is 4.57. The smallest absolute Gasteiger partial charge is 0.335 e. The first-order valence-corrected chi connectivity index (χ1v) is 12.3. The van der Waals surface area contributed by atoms with Gasteiger partial charge in [-0.25, -0.2) is 4.79 Å². The highest BCUT2D eigenvalue weighted by Crippen LogP contribution is 2.39. The maximum absolute atomic E-state index is 12.7. The molecule has 2 unspecified atom stereocenters. The first-order chi connectivity index (χ1) is 18.0. The number of carboxylic acids is 1. The Kier molecular flexibility index (Phi) is 6.96. The number of benzene rings is 2. The van der Waals surface area contributed by atoms with Gasteiger partial charge >= 0.3 is 5.97 Å². The lowest BCUT2D eigenvalue weighted by Crippen LogP contribution is -2.33. The molecule has 1 saturated heterocycles. The highest BCUT2D eigenvalue weighted by molar-refractivity contribution is 7.80. The Balaban J connectivity index is 1.47. The zero-order valence-electron chi connectivity index (χ0n) is 19.8. The van der Waals surface area contributed by atoms with E-state index in [1.165, 1.54) is 0 Å². The van der Waals surface area contributed by atoms with Crippen LogP contribution >= 0.6 is 12.2 Å². The lowest BCUT2D eigenvalue weighted by atomic mass is 10.0. The average molecular weight is 512 g/mol. The third-order valence-electron chi connectivity index (χ3n) is 6.29. The number of thiocarbonyl (C=S) groups is 1. The number of hydrogen-bond donors (Lipinski definition) is 3. The number of nitrogens with one attached hydrogen (secondary N) is 2. The molecule has 2 atom stereocenters. The Morgan fingerprint density at radius 1 is 1.00 bits per heavy atom. The molecular weight excluding hydrogens is 486 g/mol. The molecular formula is C28H25N5O3S. The first kappa shape index (κ1) is 24.2. The molecule has 0 radical (unpaired) electrons. The van der Waals surface area contributed by atoms with Gasteiger partial charge < -0.3 is 25.2 Å². The minimum absolute atomic E-state index is 0.112. The van der Waals surface area contributed by atoms with Crippen molar-refractivity contribution >= 4 is 34.9 Å². The average Bonchev–Trinajstić information content (AvgIpc) is 3.53. The van der Waals surface area contributed by atoms with Gasteiger partial charge in [-0.05, 0) is 66.8 Å². The maximum Gasteiger partial charge on any atom is 0.335 e. The lowest BCUT2D eigenvalue weighted by molar-refractivity contribution is -0.116. The van der Waals surface area contributed by atoms with Crippen molar-refractivity contribution in [2.75, 3.05) is 11.9 Å². The van der Waals surface area contributed by atoms with Crippen molar-refractivity contribution in [3.05, 3.63) is 114 Å². The normalized spacial score (nSPS) is 16.9. The van der Waals surface area contributed by atoms with Gasteiger partial charge in [-0.15, -0.1) is 0 Å². The summed E-state index contributed by atoms with van der Waals surface area (Å²) >= 11 is 5.73. The van der Waals surface area contributed by atoms with Crippen molar-refractivity contribution in [2.45, 2.75) is 18.5 Å². The van der Waals surface area contributed by atoms with Gasteiger partial charge in [0, 0.05) is 42.4 Å².